The molecule has 0 atom stereocenters. The summed E-state index contributed by atoms with van der Waals surface area (Å²) in [4.78, 5) is 27.3. The summed E-state index contributed by atoms with van der Waals surface area (Å²) in [5.41, 5.74) is 2.53. The number of carbonyl (C=O) groups excluding carboxylic acids is 2. The maximum atomic E-state index is 10.7. The first kappa shape index (κ1) is 27.4. The Labute approximate surface area is 171 Å². The van der Waals surface area contributed by atoms with Crippen molar-refractivity contribution >= 4 is 34.8 Å². The predicted molar refractivity (Wildman–Crippen MR) is 98.5 cm³/mol. The fraction of sp³-hybridized carbons (Fsp3) is 0.111. The van der Waals surface area contributed by atoms with Gasteiger partial charge in [0.2, 0.25) is 0 Å². The monoisotopic (exact) mass is 430 g/mol. The number of hydrogen-bond acceptors (Lipinski definition) is 4. The molecule has 28 heavy (non-hydrogen) atoms. The van der Waals surface area contributed by atoms with Gasteiger partial charge in [0, 0.05) is 23.3 Å². The molecule has 0 amide bonds. The Balaban J connectivity index is 0. The molecule has 0 bridgehead atoms. The van der Waals surface area contributed by atoms with E-state index < -0.39 is 33.1 Å². The van der Waals surface area contributed by atoms with Gasteiger partial charge < -0.3 is 21.2 Å². The van der Waals surface area contributed by atoms with Crippen molar-refractivity contribution in [3.05, 3.63) is 81.8 Å². The van der Waals surface area contributed by atoms with E-state index in [-0.39, 0.29) is 11.0 Å². The number of hydrogen-bond donors (Lipinski definition) is 0. The number of halogens is 2. The number of carbonyl (C=O) groups is 2. The summed E-state index contributed by atoms with van der Waals surface area (Å²) in [5, 5.41) is 19.6. The number of aryl methyl sites for hydroxylation is 2. The van der Waals surface area contributed by atoms with Gasteiger partial charge in [0.1, 0.15) is 0 Å². The second-order valence-corrected chi connectivity index (χ2v) is 5.86. The molecule has 1 aliphatic rings. The van der Waals surface area contributed by atoms with Crippen LogP contribution in [0.1, 0.15) is 11.1 Å². The highest BCUT2D eigenvalue weighted by atomic mass is 35.5. The van der Waals surface area contributed by atoms with E-state index in [0.29, 0.717) is 0 Å². The van der Waals surface area contributed by atoms with Crippen LogP contribution in [0.4, 0.5) is 0 Å². The molecule has 6 N–H and O–H groups in total. The maximum Gasteiger partial charge on any atom is 0.190 e. The number of H-pyrrole nitrogens is 2. The minimum atomic E-state index is -1.23. The predicted octanol–water partition coefficient (Wildman–Crippen LogP) is -1.27. The normalized spacial score (nSPS) is 12.6. The summed E-state index contributed by atoms with van der Waals surface area (Å²) >= 11 is 10.2. The number of pyridine rings is 2. The maximum absolute atomic E-state index is 10.7. The van der Waals surface area contributed by atoms with Crippen LogP contribution in [-0.2, 0) is 9.59 Å². The number of ketones is 2. The molecular weight excluding hydrogens is 411 g/mol. The molecule has 0 aliphatic heterocycles. The molecule has 0 radical (unpaired) electrons. The molecule has 0 saturated carbocycles. The number of aromatic amines is 2. The summed E-state index contributed by atoms with van der Waals surface area (Å²) < 4.78 is 0. The van der Waals surface area contributed by atoms with E-state index in [0.717, 1.165) is 0 Å². The molecule has 0 saturated heterocycles. The fourth-order valence-corrected chi connectivity index (χ4v) is 1.91. The summed E-state index contributed by atoms with van der Waals surface area (Å²) in [7, 11) is 0. The number of allylic oxidation sites excluding steroid dienone is 2. The molecule has 3 rings (SSSR count). The molecule has 2 heterocycles. The molecule has 0 unspecified atom stereocenters. The zero-order valence-electron chi connectivity index (χ0n) is 15.0. The van der Waals surface area contributed by atoms with Crippen molar-refractivity contribution in [2.75, 3.05) is 0 Å². The molecular formula is C18H20Cl2N2O6. The van der Waals surface area contributed by atoms with Crippen molar-refractivity contribution in [2.45, 2.75) is 13.8 Å². The lowest BCUT2D eigenvalue weighted by Crippen LogP contribution is -2.31. The van der Waals surface area contributed by atoms with E-state index in [4.69, 9.17) is 23.2 Å². The van der Waals surface area contributed by atoms with E-state index in [1.807, 2.05) is 36.9 Å². The zero-order valence-corrected chi connectivity index (χ0v) is 16.5. The Kier molecular flexibility index (Phi) is 13.1. The summed E-state index contributed by atoms with van der Waals surface area (Å²) in [6.45, 7) is 4.10. The Morgan fingerprint density at radius 3 is 1.25 bits per heavy atom. The highest BCUT2D eigenvalue weighted by Crippen LogP contribution is 2.23. The Bertz CT molecular complexity index is 740. The van der Waals surface area contributed by atoms with Crippen LogP contribution >= 0.6 is 23.2 Å². The average molecular weight is 431 g/mol. The van der Waals surface area contributed by atoms with Crippen LogP contribution in [0.2, 0.25) is 0 Å². The molecule has 152 valence electrons. The van der Waals surface area contributed by atoms with E-state index in [1.54, 1.807) is 0 Å². The smallest absolute Gasteiger partial charge is 0.190 e. The Hall–Kier alpha value is -2.78. The molecule has 10 heteroatoms. The minimum Gasteiger partial charge on any atom is -0.869 e. The van der Waals surface area contributed by atoms with Crippen LogP contribution in [0.15, 0.2) is 70.6 Å². The molecule has 2 aromatic heterocycles. The van der Waals surface area contributed by atoms with E-state index in [2.05, 4.69) is 35.9 Å². The van der Waals surface area contributed by atoms with Crippen LogP contribution < -0.4 is 20.2 Å². The molecule has 0 fully saturated rings. The molecule has 2 aromatic rings. The van der Waals surface area contributed by atoms with Crippen molar-refractivity contribution < 1.29 is 40.7 Å². The Morgan fingerprint density at radius 1 is 0.750 bits per heavy atom. The highest BCUT2D eigenvalue weighted by molar-refractivity contribution is 6.55. The fourth-order valence-electron chi connectivity index (χ4n) is 1.57. The van der Waals surface area contributed by atoms with Gasteiger partial charge in [-0.05, 0) is 37.5 Å². The van der Waals surface area contributed by atoms with Gasteiger partial charge >= 0.3 is 0 Å². The number of nitrogens with one attached hydrogen (secondary N) is 2. The third kappa shape index (κ3) is 8.28. The van der Waals surface area contributed by atoms with Crippen molar-refractivity contribution in [1.82, 2.24) is 0 Å². The lowest BCUT2D eigenvalue weighted by Gasteiger charge is -2.23. The molecule has 1 aliphatic carbocycles. The van der Waals surface area contributed by atoms with E-state index in [9.17, 15) is 19.8 Å². The van der Waals surface area contributed by atoms with Gasteiger partial charge in [-0.1, -0.05) is 23.2 Å². The standard InChI is InChI=1S/C6H2Cl2O4.2C6H7N.2H2O/c7-1-3(9)5(11)2(8)6(12)4(1)10;2*1-6-3-2-4-7-5-6;;/h9,12H;2*2-5H,1H3;2*1H2. The quantitative estimate of drug-likeness (QED) is 0.474. The molecule has 8 nitrogen and oxygen atoms in total. The molecule has 0 spiro atoms. The lowest BCUT2D eigenvalue weighted by atomic mass is 10.1. The second kappa shape index (κ2) is 13.4. The first-order valence-corrected chi connectivity index (χ1v) is 8.09. The van der Waals surface area contributed by atoms with Gasteiger partial charge in [-0.3, -0.25) is 9.59 Å². The van der Waals surface area contributed by atoms with Crippen molar-refractivity contribution in [3.63, 3.8) is 0 Å². The summed E-state index contributed by atoms with van der Waals surface area (Å²) in [6.07, 6.45) is 7.71. The highest BCUT2D eigenvalue weighted by Gasteiger charge is 2.22. The summed E-state index contributed by atoms with van der Waals surface area (Å²) in [5.74, 6) is -4.92. The number of aromatic nitrogens is 2. The van der Waals surface area contributed by atoms with Crippen LogP contribution in [0.3, 0.4) is 0 Å². The third-order valence-corrected chi connectivity index (χ3v) is 3.62. The largest absolute Gasteiger partial charge is 0.869 e. The van der Waals surface area contributed by atoms with Crippen molar-refractivity contribution in [3.8, 4) is 0 Å². The minimum absolute atomic E-state index is 0. The summed E-state index contributed by atoms with van der Waals surface area (Å²) in [6, 6.07) is 8.07. The second-order valence-electron chi connectivity index (χ2n) is 5.11. The van der Waals surface area contributed by atoms with E-state index in [1.165, 1.54) is 11.1 Å². The van der Waals surface area contributed by atoms with Gasteiger partial charge in [-0.15, -0.1) is 0 Å². The zero-order chi connectivity index (χ0) is 19.7. The van der Waals surface area contributed by atoms with Crippen LogP contribution in [0.25, 0.3) is 0 Å². The van der Waals surface area contributed by atoms with Gasteiger partial charge in [0.25, 0.3) is 0 Å². The van der Waals surface area contributed by atoms with Crippen LogP contribution in [-0.4, -0.2) is 22.5 Å². The third-order valence-electron chi connectivity index (χ3n) is 2.94. The average Bonchev–Trinajstić information content (AvgIpc) is 2.65. The van der Waals surface area contributed by atoms with Gasteiger partial charge in [0.15, 0.2) is 36.4 Å². The Morgan fingerprint density at radius 2 is 1.07 bits per heavy atom. The lowest BCUT2D eigenvalue weighted by molar-refractivity contribution is -0.378. The van der Waals surface area contributed by atoms with Gasteiger partial charge in [-0.2, -0.15) is 0 Å². The first-order chi connectivity index (χ1) is 12.3. The van der Waals surface area contributed by atoms with Crippen molar-refractivity contribution in [2.24, 2.45) is 0 Å². The number of Topliss-reactive ketones (excluding diaryl/α,β-unsaturated/α-hetero) is 2. The first-order valence-electron chi connectivity index (χ1n) is 7.34. The van der Waals surface area contributed by atoms with Crippen LogP contribution in [0, 0.1) is 13.8 Å². The topological polar surface area (TPSA) is 172 Å². The van der Waals surface area contributed by atoms with Crippen molar-refractivity contribution in [1.29, 1.82) is 0 Å². The molecule has 0 aromatic carbocycles. The number of rotatable bonds is 0. The van der Waals surface area contributed by atoms with E-state index >= 15 is 0 Å². The van der Waals surface area contributed by atoms with Crippen LogP contribution in [0.5, 0.6) is 0 Å². The van der Waals surface area contributed by atoms with Gasteiger partial charge in [0.05, 0.1) is 10.1 Å². The van der Waals surface area contributed by atoms with Gasteiger partial charge in [-0.25, -0.2) is 9.97 Å². The SMILES string of the molecule is Cc1ccc[nH+]c1.Cc1ccc[nH+]c1.O.O.O=C1C([O-])=C(Cl)C(=O)C([O-])=C1Cl.